The molecule has 1 unspecified atom stereocenters. The average Bonchev–Trinajstić information content (AvgIpc) is 2.42. The lowest BCUT2D eigenvalue weighted by atomic mass is 9.99. The highest BCUT2D eigenvalue weighted by molar-refractivity contribution is 5.75. The van der Waals surface area contributed by atoms with Gasteiger partial charge in [-0.15, -0.1) is 0 Å². The minimum atomic E-state index is -0.823. The molecule has 1 rings (SSSR count). The van der Waals surface area contributed by atoms with Crippen LogP contribution in [0.5, 0.6) is 0 Å². The molecular weight excluding hydrogens is 270 g/mol. The fraction of sp³-hybridized carbons (Fsp3) is 0.562. The highest BCUT2D eigenvalue weighted by atomic mass is 17.2. The summed E-state index contributed by atoms with van der Waals surface area (Å²) in [6, 6.07) is 8.65. The number of hydrogen-bond acceptors (Lipinski definition) is 5. The van der Waals surface area contributed by atoms with Crippen molar-refractivity contribution in [3.63, 3.8) is 0 Å². The number of benzene rings is 1. The van der Waals surface area contributed by atoms with E-state index >= 15 is 0 Å². The molecule has 0 saturated carbocycles. The summed E-state index contributed by atoms with van der Waals surface area (Å²) in [5.74, 6) is -0.642. The van der Waals surface area contributed by atoms with Gasteiger partial charge in [-0.25, -0.2) is 4.79 Å². The zero-order valence-corrected chi connectivity index (χ0v) is 13.3. The lowest BCUT2D eigenvalue weighted by Gasteiger charge is -2.27. The molecule has 0 saturated heterocycles. The first-order valence-electron chi connectivity index (χ1n) is 6.99. The second kappa shape index (κ2) is 7.02. The Kier molecular flexibility index (Phi) is 5.89. The smallest absolute Gasteiger partial charge is 0.361 e. The molecule has 0 aliphatic rings. The Bertz CT molecular complexity index is 451. The van der Waals surface area contributed by atoms with Crippen molar-refractivity contribution in [3.8, 4) is 0 Å². The molecule has 0 heterocycles. The summed E-state index contributed by atoms with van der Waals surface area (Å²) in [6.45, 7) is 8.96. The van der Waals surface area contributed by atoms with Gasteiger partial charge >= 0.3 is 5.97 Å². The van der Waals surface area contributed by atoms with E-state index in [0.717, 1.165) is 5.56 Å². The van der Waals surface area contributed by atoms with Gasteiger partial charge in [0.2, 0.25) is 0 Å². The number of nitrogens with one attached hydrogen (secondary N) is 1. The average molecular weight is 295 g/mol. The van der Waals surface area contributed by atoms with Crippen LogP contribution in [-0.4, -0.2) is 29.3 Å². The topological polar surface area (TPSA) is 67.8 Å². The number of aliphatic hydroxyl groups excluding tert-OH is 1. The van der Waals surface area contributed by atoms with Crippen molar-refractivity contribution in [2.45, 2.75) is 51.8 Å². The molecule has 5 nitrogen and oxygen atoms in total. The minimum absolute atomic E-state index is 0.318. The van der Waals surface area contributed by atoms with Crippen LogP contribution in [0.1, 0.15) is 40.2 Å². The second-order valence-corrected chi connectivity index (χ2v) is 6.49. The summed E-state index contributed by atoms with van der Waals surface area (Å²) in [4.78, 5) is 22.1. The zero-order chi connectivity index (χ0) is 16.1. The maximum atomic E-state index is 12.0. The van der Waals surface area contributed by atoms with Gasteiger partial charge in [-0.3, -0.25) is 10.2 Å². The van der Waals surface area contributed by atoms with Crippen LogP contribution in [0.3, 0.4) is 0 Å². The quantitative estimate of drug-likeness (QED) is 0.622. The first-order chi connectivity index (χ1) is 9.65. The van der Waals surface area contributed by atoms with Gasteiger partial charge in [-0.05, 0) is 40.2 Å². The molecule has 2 N–H and O–H groups in total. The third kappa shape index (κ3) is 5.83. The molecule has 0 radical (unpaired) electrons. The van der Waals surface area contributed by atoms with E-state index in [-0.39, 0.29) is 12.1 Å². The monoisotopic (exact) mass is 295 g/mol. The van der Waals surface area contributed by atoms with E-state index < -0.39 is 17.6 Å². The van der Waals surface area contributed by atoms with Crippen LogP contribution in [0.4, 0.5) is 0 Å². The molecule has 0 aliphatic carbocycles. The van der Waals surface area contributed by atoms with Gasteiger partial charge in [-0.2, -0.15) is 4.89 Å². The first kappa shape index (κ1) is 17.6. The molecule has 1 aromatic rings. The summed E-state index contributed by atoms with van der Waals surface area (Å²) in [6.07, 6.45) is 0. The van der Waals surface area contributed by atoms with E-state index in [1.54, 1.807) is 13.8 Å². The zero-order valence-electron chi connectivity index (χ0n) is 13.3. The Morgan fingerprint density at radius 2 is 1.76 bits per heavy atom. The highest BCUT2D eigenvalue weighted by Gasteiger charge is 2.29. The van der Waals surface area contributed by atoms with Crippen molar-refractivity contribution in [3.05, 3.63) is 35.9 Å². The van der Waals surface area contributed by atoms with E-state index in [1.807, 2.05) is 51.1 Å². The fourth-order valence-corrected chi connectivity index (χ4v) is 1.79. The Hall–Kier alpha value is -1.43. The van der Waals surface area contributed by atoms with Gasteiger partial charge < -0.3 is 5.11 Å². The predicted octanol–water partition coefficient (Wildman–Crippen LogP) is 2.15. The lowest BCUT2D eigenvalue weighted by Crippen LogP contribution is -2.50. The molecule has 118 valence electrons. The van der Waals surface area contributed by atoms with Gasteiger partial charge in [0, 0.05) is 5.54 Å². The van der Waals surface area contributed by atoms with E-state index in [9.17, 15) is 9.90 Å². The Labute approximate surface area is 126 Å². The van der Waals surface area contributed by atoms with E-state index in [0.29, 0.717) is 0 Å². The fourth-order valence-electron chi connectivity index (χ4n) is 1.79. The minimum Gasteiger partial charge on any atom is -0.394 e. The van der Waals surface area contributed by atoms with Crippen molar-refractivity contribution in [1.29, 1.82) is 0 Å². The molecule has 1 atom stereocenters. The summed E-state index contributed by atoms with van der Waals surface area (Å²) in [7, 11) is 0. The van der Waals surface area contributed by atoms with Crippen molar-refractivity contribution in [1.82, 2.24) is 5.32 Å². The summed E-state index contributed by atoms with van der Waals surface area (Å²) >= 11 is 0. The third-order valence-electron chi connectivity index (χ3n) is 2.88. The van der Waals surface area contributed by atoms with Crippen molar-refractivity contribution >= 4 is 5.97 Å². The van der Waals surface area contributed by atoms with Crippen molar-refractivity contribution < 1.29 is 19.7 Å². The summed E-state index contributed by atoms with van der Waals surface area (Å²) in [5, 5.41) is 12.3. The largest absolute Gasteiger partial charge is 0.394 e. The molecule has 0 aromatic heterocycles. The van der Waals surface area contributed by atoms with Gasteiger partial charge in [0.25, 0.3) is 0 Å². The van der Waals surface area contributed by atoms with Crippen molar-refractivity contribution in [2.24, 2.45) is 0 Å². The van der Waals surface area contributed by atoms with Crippen molar-refractivity contribution in [2.75, 3.05) is 6.61 Å². The second-order valence-electron chi connectivity index (χ2n) is 6.49. The summed E-state index contributed by atoms with van der Waals surface area (Å²) < 4.78 is 0. The van der Waals surface area contributed by atoms with Gasteiger partial charge in [0.05, 0.1) is 6.61 Å². The number of carbonyl (C=O) groups excluding carboxylic acids is 1. The number of rotatable bonds is 6. The normalized spacial score (nSPS) is 13.8. The molecule has 5 heteroatoms. The molecule has 0 bridgehead atoms. The predicted molar refractivity (Wildman–Crippen MR) is 80.4 cm³/mol. The molecule has 0 fully saturated rings. The standard InChI is InChI=1S/C16H25NO4/c1-15(2,3)17-13(11-18)14(19)20-21-16(4,5)12-9-7-6-8-10-12/h6-10,13,17-18H,11H2,1-5H3. The molecule has 21 heavy (non-hydrogen) atoms. The van der Waals surface area contributed by atoms with Crippen LogP contribution >= 0.6 is 0 Å². The van der Waals surface area contributed by atoms with Crippen LogP contribution in [0.25, 0.3) is 0 Å². The van der Waals surface area contributed by atoms with E-state index in [4.69, 9.17) is 9.78 Å². The number of carbonyl (C=O) groups is 1. The van der Waals surface area contributed by atoms with Gasteiger partial charge in [0.1, 0.15) is 11.6 Å². The van der Waals surface area contributed by atoms with Crippen LogP contribution in [0.15, 0.2) is 30.3 Å². The van der Waals surface area contributed by atoms with Crippen LogP contribution < -0.4 is 5.32 Å². The molecule has 0 spiro atoms. The van der Waals surface area contributed by atoms with E-state index in [2.05, 4.69) is 5.32 Å². The first-order valence-corrected chi connectivity index (χ1v) is 6.99. The van der Waals surface area contributed by atoms with Crippen LogP contribution in [0.2, 0.25) is 0 Å². The third-order valence-corrected chi connectivity index (χ3v) is 2.88. The van der Waals surface area contributed by atoms with Crippen LogP contribution in [-0.2, 0) is 20.2 Å². The maximum Gasteiger partial charge on any atom is 0.361 e. The number of aliphatic hydroxyl groups is 1. The Balaban J connectivity index is 2.63. The Morgan fingerprint density at radius 3 is 2.24 bits per heavy atom. The Morgan fingerprint density at radius 1 is 1.19 bits per heavy atom. The number of hydrogen-bond donors (Lipinski definition) is 2. The van der Waals surface area contributed by atoms with Gasteiger partial charge in [-0.1, -0.05) is 30.3 Å². The maximum absolute atomic E-state index is 12.0. The molecule has 0 aliphatic heterocycles. The lowest BCUT2D eigenvalue weighted by molar-refractivity contribution is -0.331. The highest BCUT2D eigenvalue weighted by Crippen LogP contribution is 2.24. The SMILES string of the molecule is CC(C)(C)NC(CO)C(=O)OOC(C)(C)c1ccccc1. The molecular formula is C16H25NO4. The van der Waals surface area contributed by atoms with E-state index in [1.165, 1.54) is 0 Å². The molecule has 1 aromatic carbocycles. The summed E-state index contributed by atoms with van der Waals surface area (Å²) in [5.41, 5.74) is -0.192. The molecule has 0 amide bonds. The van der Waals surface area contributed by atoms with Crippen LogP contribution in [0, 0.1) is 0 Å². The van der Waals surface area contributed by atoms with Gasteiger partial charge in [0.15, 0.2) is 0 Å².